The van der Waals surface area contributed by atoms with Crippen molar-refractivity contribution in [2.75, 3.05) is 7.11 Å². The minimum atomic E-state index is -1.53. The van der Waals surface area contributed by atoms with Crippen molar-refractivity contribution < 1.29 is 14.6 Å². The minimum Gasteiger partial charge on any atom is -0.467 e. The average Bonchev–Trinajstić information content (AvgIpc) is 2.63. The van der Waals surface area contributed by atoms with Gasteiger partial charge in [0.1, 0.15) is 5.82 Å². The molecule has 0 aliphatic heterocycles. The fourth-order valence-electron chi connectivity index (χ4n) is 1.57. The molecular formula is C11H18N2O3. The van der Waals surface area contributed by atoms with Crippen molar-refractivity contribution in [2.24, 2.45) is 0 Å². The van der Waals surface area contributed by atoms with E-state index in [1.165, 1.54) is 14.0 Å². The number of imidazole rings is 1. The van der Waals surface area contributed by atoms with E-state index in [4.69, 9.17) is 0 Å². The van der Waals surface area contributed by atoms with E-state index in [0.717, 1.165) is 5.82 Å². The molecule has 16 heavy (non-hydrogen) atoms. The molecular weight excluding hydrogens is 208 g/mol. The Labute approximate surface area is 95.1 Å². The zero-order chi connectivity index (χ0) is 12.3. The first-order chi connectivity index (χ1) is 7.38. The number of carbonyl (C=O) groups excluding carboxylic acids is 1. The second-order valence-corrected chi connectivity index (χ2v) is 4.33. The van der Waals surface area contributed by atoms with E-state index in [2.05, 4.69) is 9.72 Å². The Morgan fingerprint density at radius 3 is 2.81 bits per heavy atom. The maximum atomic E-state index is 11.3. The standard InChI is InChI=1S/C11H18N2O3/c1-8(2)9-12-5-6-13(9)7-11(3,15)10(14)16-4/h5-6,8,15H,7H2,1-4H3. The van der Waals surface area contributed by atoms with Crippen LogP contribution >= 0.6 is 0 Å². The third-order valence-corrected chi connectivity index (χ3v) is 2.37. The molecule has 0 fully saturated rings. The summed E-state index contributed by atoms with van der Waals surface area (Å²) >= 11 is 0. The molecule has 5 heteroatoms. The third-order valence-electron chi connectivity index (χ3n) is 2.37. The van der Waals surface area contributed by atoms with Crippen LogP contribution in [0.5, 0.6) is 0 Å². The molecule has 1 aromatic rings. The van der Waals surface area contributed by atoms with Crippen molar-refractivity contribution in [2.45, 2.75) is 38.8 Å². The molecule has 1 atom stereocenters. The van der Waals surface area contributed by atoms with E-state index in [1.807, 2.05) is 13.8 Å². The van der Waals surface area contributed by atoms with Crippen molar-refractivity contribution in [3.05, 3.63) is 18.2 Å². The minimum absolute atomic E-state index is 0.146. The Balaban J connectivity index is 2.88. The van der Waals surface area contributed by atoms with Gasteiger partial charge in [0, 0.05) is 18.3 Å². The van der Waals surface area contributed by atoms with E-state index < -0.39 is 11.6 Å². The summed E-state index contributed by atoms with van der Waals surface area (Å²) in [5.41, 5.74) is -1.53. The summed E-state index contributed by atoms with van der Waals surface area (Å²) in [5, 5.41) is 9.94. The first kappa shape index (κ1) is 12.7. The number of rotatable bonds is 4. The van der Waals surface area contributed by atoms with Gasteiger partial charge < -0.3 is 14.4 Å². The first-order valence-electron chi connectivity index (χ1n) is 5.20. The van der Waals surface area contributed by atoms with Gasteiger partial charge in [0.25, 0.3) is 0 Å². The van der Waals surface area contributed by atoms with Crippen LogP contribution in [0.4, 0.5) is 0 Å². The Morgan fingerprint density at radius 1 is 1.69 bits per heavy atom. The van der Waals surface area contributed by atoms with Crippen LogP contribution < -0.4 is 0 Å². The van der Waals surface area contributed by atoms with E-state index in [1.54, 1.807) is 17.0 Å². The topological polar surface area (TPSA) is 64.3 Å². The van der Waals surface area contributed by atoms with Gasteiger partial charge in [-0.25, -0.2) is 9.78 Å². The predicted octanol–water partition coefficient (Wildman–Crippen LogP) is 0.930. The Hall–Kier alpha value is -1.36. The van der Waals surface area contributed by atoms with Crippen LogP contribution in [0.15, 0.2) is 12.4 Å². The van der Waals surface area contributed by atoms with Gasteiger partial charge >= 0.3 is 5.97 Å². The summed E-state index contributed by atoms with van der Waals surface area (Å²) in [6.45, 7) is 5.59. The zero-order valence-electron chi connectivity index (χ0n) is 10.1. The number of nitrogens with zero attached hydrogens (tertiary/aromatic N) is 2. The Morgan fingerprint density at radius 2 is 2.31 bits per heavy atom. The summed E-state index contributed by atoms with van der Waals surface area (Å²) in [6.07, 6.45) is 3.40. The monoisotopic (exact) mass is 226 g/mol. The van der Waals surface area contributed by atoms with Crippen LogP contribution in [0.1, 0.15) is 32.5 Å². The predicted molar refractivity (Wildman–Crippen MR) is 59.0 cm³/mol. The number of carbonyl (C=O) groups is 1. The fraction of sp³-hybridized carbons (Fsp3) is 0.636. The molecule has 0 aromatic carbocycles. The molecule has 1 heterocycles. The summed E-state index contributed by atoms with van der Waals surface area (Å²) in [6, 6.07) is 0. The smallest absolute Gasteiger partial charge is 0.339 e. The highest BCUT2D eigenvalue weighted by Gasteiger charge is 2.32. The number of methoxy groups -OCH3 is 1. The molecule has 1 rings (SSSR count). The summed E-state index contributed by atoms with van der Waals surface area (Å²) in [4.78, 5) is 15.5. The lowest BCUT2D eigenvalue weighted by molar-refractivity contribution is -0.161. The van der Waals surface area contributed by atoms with Gasteiger partial charge in [0.05, 0.1) is 13.7 Å². The van der Waals surface area contributed by atoms with Crippen LogP contribution in [-0.4, -0.2) is 33.3 Å². The SMILES string of the molecule is COC(=O)C(C)(O)Cn1ccnc1C(C)C. The van der Waals surface area contributed by atoms with Gasteiger partial charge in [-0.2, -0.15) is 0 Å². The van der Waals surface area contributed by atoms with Crippen LogP contribution in [0.3, 0.4) is 0 Å². The lowest BCUT2D eigenvalue weighted by Gasteiger charge is -2.22. The number of aromatic nitrogens is 2. The van der Waals surface area contributed by atoms with Gasteiger partial charge in [0.2, 0.25) is 0 Å². The number of esters is 1. The Bertz CT molecular complexity index is 369. The van der Waals surface area contributed by atoms with Gasteiger partial charge in [-0.1, -0.05) is 13.8 Å². The number of ether oxygens (including phenoxy) is 1. The Kier molecular flexibility index (Phi) is 3.70. The highest BCUT2D eigenvalue weighted by atomic mass is 16.5. The van der Waals surface area contributed by atoms with Crippen molar-refractivity contribution in [1.82, 2.24) is 9.55 Å². The van der Waals surface area contributed by atoms with E-state index >= 15 is 0 Å². The van der Waals surface area contributed by atoms with Gasteiger partial charge in [0.15, 0.2) is 5.60 Å². The van der Waals surface area contributed by atoms with Crippen LogP contribution in [0.25, 0.3) is 0 Å². The quantitative estimate of drug-likeness (QED) is 0.776. The largest absolute Gasteiger partial charge is 0.467 e. The van der Waals surface area contributed by atoms with E-state index in [0.29, 0.717) is 0 Å². The summed E-state index contributed by atoms with van der Waals surface area (Å²) in [5.74, 6) is 0.434. The number of hydrogen-bond donors (Lipinski definition) is 1. The second kappa shape index (κ2) is 4.65. The lowest BCUT2D eigenvalue weighted by Crippen LogP contribution is -2.40. The molecule has 0 aliphatic carbocycles. The number of aliphatic hydroxyl groups is 1. The molecule has 1 aromatic heterocycles. The van der Waals surface area contributed by atoms with Crippen LogP contribution in [0, 0.1) is 0 Å². The molecule has 0 radical (unpaired) electrons. The normalized spacial score (nSPS) is 14.9. The molecule has 1 unspecified atom stereocenters. The lowest BCUT2D eigenvalue weighted by atomic mass is 10.1. The maximum Gasteiger partial charge on any atom is 0.339 e. The van der Waals surface area contributed by atoms with E-state index in [-0.39, 0.29) is 12.5 Å². The van der Waals surface area contributed by atoms with E-state index in [9.17, 15) is 9.90 Å². The molecule has 90 valence electrons. The maximum absolute atomic E-state index is 11.3. The van der Waals surface area contributed by atoms with Crippen LogP contribution in [-0.2, 0) is 16.1 Å². The summed E-state index contributed by atoms with van der Waals surface area (Å²) in [7, 11) is 1.26. The highest BCUT2D eigenvalue weighted by molar-refractivity contribution is 5.78. The van der Waals surface area contributed by atoms with Crippen molar-refractivity contribution in [3.8, 4) is 0 Å². The first-order valence-corrected chi connectivity index (χ1v) is 5.20. The molecule has 0 bridgehead atoms. The summed E-state index contributed by atoms with van der Waals surface area (Å²) < 4.78 is 6.31. The van der Waals surface area contributed by atoms with Crippen molar-refractivity contribution >= 4 is 5.97 Å². The van der Waals surface area contributed by atoms with Gasteiger partial charge in [-0.15, -0.1) is 0 Å². The molecule has 1 N–H and O–H groups in total. The van der Waals surface area contributed by atoms with Gasteiger partial charge in [-0.05, 0) is 6.92 Å². The van der Waals surface area contributed by atoms with Crippen LogP contribution in [0.2, 0.25) is 0 Å². The molecule has 0 aliphatic rings. The molecule has 0 saturated carbocycles. The van der Waals surface area contributed by atoms with Crippen molar-refractivity contribution in [1.29, 1.82) is 0 Å². The van der Waals surface area contributed by atoms with Crippen molar-refractivity contribution in [3.63, 3.8) is 0 Å². The molecule has 0 amide bonds. The third kappa shape index (κ3) is 2.61. The van der Waals surface area contributed by atoms with Gasteiger partial charge in [-0.3, -0.25) is 0 Å². The fourth-order valence-corrected chi connectivity index (χ4v) is 1.57. The second-order valence-electron chi connectivity index (χ2n) is 4.33. The highest BCUT2D eigenvalue weighted by Crippen LogP contribution is 2.16. The average molecular weight is 226 g/mol. The molecule has 0 saturated heterocycles. The zero-order valence-corrected chi connectivity index (χ0v) is 10.1. The molecule has 5 nitrogen and oxygen atoms in total. The molecule has 0 spiro atoms. The number of hydrogen-bond acceptors (Lipinski definition) is 4.